The van der Waals surface area contributed by atoms with Crippen molar-refractivity contribution < 1.29 is 9.59 Å². The zero-order valence-electron chi connectivity index (χ0n) is 16.7. The third-order valence-electron chi connectivity index (χ3n) is 4.99. The summed E-state index contributed by atoms with van der Waals surface area (Å²) in [5.41, 5.74) is 2.46. The first-order chi connectivity index (χ1) is 14.0. The fraction of sp³-hybridized carbons (Fsp3) is 0.364. The average molecular weight is 415 g/mol. The van der Waals surface area contributed by atoms with E-state index < -0.39 is 0 Å². The minimum atomic E-state index is -0.164. The highest BCUT2D eigenvalue weighted by atomic mass is 35.5. The lowest BCUT2D eigenvalue weighted by molar-refractivity contribution is -0.116. The number of carbonyl (C=O) groups is 2. The lowest BCUT2D eigenvalue weighted by atomic mass is 10.2. The molecule has 1 aliphatic rings. The highest BCUT2D eigenvalue weighted by Gasteiger charge is 2.17. The summed E-state index contributed by atoms with van der Waals surface area (Å²) in [4.78, 5) is 29.1. The molecule has 3 rings (SSSR count). The van der Waals surface area contributed by atoms with E-state index in [9.17, 15) is 9.59 Å². The van der Waals surface area contributed by atoms with Crippen LogP contribution in [0.15, 0.2) is 48.5 Å². The summed E-state index contributed by atoms with van der Waals surface area (Å²) in [6, 6.07) is 14.6. The van der Waals surface area contributed by atoms with Gasteiger partial charge in [0.1, 0.15) is 0 Å². The highest BCUT2D eigenvalue weighted by molar-refractivity contribution is 6.30. The van der Waals surface area contributed by atoms with Gasteiger partial charge in [-0.15, -0.1) is 0 Å². The fourth-order valence-corrected chi connectivity index (χ4v) is 3.40. The van der Waals surface area contributed by atoms with Crippen LogP contribution in [-0.4, -0.2) is 56.5 Å². The van der Waals surface area contributed by atoms with Crippen LogP contribution in [0.4, 0.5) is 11.4 Å². The second kappa shape index (κ2) is 10.3. The molecule has 1 saturated heterocycles. The van der Waals surface area contributed by atoms with Crippen LogP contribution in [0.2, 0.25) is 5.02 Å². The molecule has 0 aromatic heterocycles. The maximum absolute atomic E-state index is 12.4. The quantitative estimate of drug-likeness (QED) is 0.683. The largest absolute Gasteiger partial charge is 0.367 e. The molecule has 1 heterocycles. The number of piperazine rings is 1. The predicted octanol–water partition coefficient (Wildman–Crippen LogP) is 3.24. The topological polar surface area (TPSA) is 64.7 Å². The number of rotatable bonds is 7. The molecule has 0 bridgehead atoms. The molecule has 1 aliphatic heterocycles. The van der Waals surface area contributed by atoms with Gasteiger partial charge in [0, 0.05) is 49.7 Å². The SMILES string of the molecule is CN1CCN(c2ccccc2NC(=O)CCCNC(=O)c2ccc(Cl)cc2)CC1. The molecule has 2 amide bonds. The van der Waals surface area contributed by atoms with Gasteiger partial charge in [-0.1, -0.05) is 23.7 Å². The van der Waals surface area contributed by atoms with E-state index in [4.69, 9.17) is 11.6 Å². The molecule has 2 aromatic rings. The molecule has 2 N–H and O–H groups in total. The summed E-state index contributed by atoms with van der Waals surface area (Å²) in [6.45, 7) is 4.35. The first-order valence-corrected chi connectivity index (χ1v) is 10.3. The third kappa shape index (κ3) is 6.21. The second-order valence-corrected chi connectivity index (χ2v) is 7.66. The van der Waals surface area contributed by atoms with Gasteiger partial charge in [0.2, 0.25) is 5.91 Å². The molecule has 2 aromatic carbocycles. The third-order valence-corrected chi connectivity index (χ3v) is 5.25. The van der Waals surface area contributed by atoms with Crippen molar-refractivity contribution in [3.63, 3.8) is 0 Å². The molecule has 29 heavy (non-hydrogen) atoms. The first-order valence-electron chi connectivity index (χ1n) is 9.89. The van der Waals surface area contributed by atoms with E-state index >= 15 is 0 Å². The molecule has 0 radical (unpaired) electrons. The van der Waals surface area contributed by atoms with E-state index in [1.807, 2.05) is 24.3 Å². The Morgan fingerprint density at radius 1 is 1.00 bits per heavy atom. The maximum atomic E-state index is 12.4. The summed E-state index contributed by atoms with van der Waals surface area (Å²) >= 11 is 5.83. The van der Waals surface area contributed by atoms with Crippen LogP contribution in [0.1, 0.15) is 23.2 Å². The number of anilines is 2. The number of para-hydroxylation sites is 2. The van der Waals surface area contributed by atoms with Gasteiger partial charge in [-0.2, -0.15) is 0 Å². The zero-order valence-corrected chi connectivity index (χ0v) is 17.4. The molecule has 0 atom stereocenters. The number of nitrogens with zero attached hydrogens (tertiary/aromatic N) is 2. The monoisotopic (exact) mass is 414 g/mol. The van der Waals surface area contributed by atoms with Gasteiger partial charge in [-0.25, -0.2) is 0 Å². The number of halogens is 1. The fourth-order valence-electron chi connectivity index (χ4n) is 3.27. The summed E-state index contributed by atoms with van der Waals surface area (Å²) in [5, 5.41) is 6.45. The Balaban J connectivity index is 1.45. The van der Waals surface area contributed by atoms with E-state index in [1.54, 1.807) is 24.3 Å². The molecule has 0 spiro atoms. The van der Waals surface area contributed by atoms with Crippen molar-refractivity contribution >= 4 is 34.8 Å². The number of nitrogens with one attached hydrogen (secondary N) is 2. The lowest BCUT2D eigenvalue weighted by Crippen LogP contribution is -2.44. The van der Waals surface area contributed by atoms with Gasteiger partial charge in [-0.05, 0) is 49.9 Å². The number of carbonyl (C=O) groups excluding carboxylic acids is 2. The molecular formula is C22H27ClN4O2. The van der Waals surface area contributed by atoms with Crippen LogP contribution in [0, 0.1) is 0 Å². The molecule has 6 nitrogen and oxygen atoms in total. The molecule has 1 fully saturated rings. The number of hydrogen-bond donors (Lipinski definition) is 2. The Bertz CT molecular complexity index is 833. The van der Waals surface area contributed by atoms with Crippen LogP contribution in [0.25, 0.3) is 0 Å². The minimum Gasteiger partial charge on any atom is -0.367 e. The van der Waals surface area contributed by atoms with E-state index in [-0.39, 0.29) is 11.8 Å². The van der Waals surface area contributed by atoms with Crippen LogP contribution in [0.3, 0.4) is 0 Å². The van der Waals surface area contributed by atoms with Gasteiger partial charge >= 0.3 is 0 Å². The highest BCUT2D eigenvalue weighted by Crippen LogP contribution is 2.26. The van der Waals surface area contributed by atoms with Gasteiger partial charge < -0.3 is 20.4 Å². The Morgan fingerprint density at radius 2 is 1.69 bits per heavy atom. The molecule has 0 saturated carbocycles. The van der Waals surface area contributed by atoms with Crippen molar-refractivity contribution in [2.75, 3.05) is 50.0 Å². The number of benzene rings is 2. The Labute approximate surface area is 176 Å². The van der Waals surface area contributed by atoms with Crippen molar-refractivity contribution in [3.05, 3.63) is 59.1 Å². The summed E-state index contributed by atoms with van der Waals surface area (Å²) in [6.07, 6.45) is 0.916. The molecule has 0 aliphatic carbocycles. The average Bonchev–Trinajstić information content (AvgIpc) is 2.73. The second-order valence-electron chi connectivity index (χ2n) is 7.22. The molecule has 7 heteroatoms. The van der Waals surface area contributed by atoms with Crippen molar-refractivity contribution in [3.8, 4) is 0 Å². The number of likely N-dealkylation sites (N-methyl/N-ethyl adjacent to an activating group) is 1. The Kier molecular flexibility index (Phi) is 7.49. The van der Waals surface area contributed by atoms with Crippen molar-refractivity contribution in [1.82, 2.24) is 10.2 Å². The van der Waals surface area contributed by atoms with Crippen LogP contribution < -0.4 is 15.5 Å². The van der Waals surface area contributed by atoms with Crippen LogP contribution in [-0.2, 0) is 4.79 Å². The normalized spacial score (nSPS) is 14.5. The minimum absolute atomic E-state index is 0.0488. The van der Waals surface area contributed by atoms with Gasteiger partial charge in [0.15, 0.2) is 0 Å². The smallest absolute Gasteiger partial charge is 0.251 e. The molecular weight excluding hydrogens is 388 g/mol. The van der Waals surface area contributed by atoms with Gasteiger partial charge in [-0.3, -0.25) is 9.59 Å². The number of hydrogen-bond acceptors (Lipinski definition) is 4. The molecule has 0 unspecified atom stereocenters. The number of amides is 2. The summed E-state index contributed by atoms with van der Waals surface area (Å²) < 4.78 is 0. The zero-order chi connectivity index (χ0) is 20.6. The summed E-state index contributed by atoms with van der Waals surface area (Å²) in [7, 11) is 2.12. The van der Waals surface area contributed by atoms with E-state index in [2.05, 4.69) is 27.5 Å². The maximum Gasteiger partial charge on any atom is 0.251 e. The van der Waals surface area contributed by atoms with Crippen molar-refractivity contribution in [2.45, 2.75) is 12.8 Å². The predicted molar refractivity (Wildman–Crippen MR) is 118 cm³/mol. The van der Waals surface area contributed by atoms with Crippen LogP contribution >= 0.6 is 11.6 Å². The Hall–Kier alpha value is -2.57. The Morgan fingerprint density at radius 3 is 2.41 bits per heavy atom. The van der Waals surface area contributed by atoms with E-state index in [0.717, 1.165) is 37.6 Å². The summed E-state index contributed by atoms with van der Waals surface area (Å²) in [5.74, 6) is -0.213. The van der Waals surface area contributed by atoms with Crippen molar-refractivity contribution in [1.29, 1.82) is 0 Å². The van der Waals surface area contributed by atoms with Gasteiger partial charge in [0.05, 0.1) is 11.4 Å². The van der Waals surface area contributed by atoms with Crippen molar-refractivity contribution in [2.24, 2.45) is 0 Å². The standard InChI is InChI=1S/C22H27ClN4O2/c1-26-13-15-27(16-14-26)20-6-3-2-5-19(20)25-21(28)7-4-12-24-22(29)17-8-10-18(23)11-9-17/h2-3,5-6,8-11H,4,7,12-16H2,1H3,(H,24,29)(H,25,28). The molecule has 154 valence electrons. The van der Waals surface area contributed by atoms with Gasteiger partial charge in [0.25, 0.3) is 5.91 Å². The van der Waals surface area contributed by atoms with Crippen LogP contribution in [0.5, 0.6) is 0 Å². The lowest BCUT2D eigenvalue weighted by Gasteiger charge is -2.35. The van der Waals surface area contributed by atoms with E-state index in [1.165, 1.54) is 0 Å². The first kappa shape index (κ1) is 21.1. The van der Waals surface area contributed by atoms with E-state index in [0.29, 0.717) is 30.0 Å².